The van der Waals surface area contributed by atoms with Crippen LogP contribution >= 0.6 is 15.9 Å². The van der Waals surface area contributed by atoms with Gasteiger partial charge in [0, 0.05) is 28.7 Å². The summed E-state index contributed by atoms with van der Waals surface area (Å²) in [6.07, 6.45) is 0.207. The summed E-state index contributed by atoms with van der Waals surface area (Å²) in [4.78, 5) is 25.8. The standard InChI is InChI=1S/C17H14BrFN2O2/c18-12-6-4-11(5-7-12)17(23)20-14-9-16(22)21(10-14)15-3-1-2-13(19)8-15/h1-8,14H,9-10H2,(H,20,23)/t14-/m0/s1. The lowest BCUT2D eigenvalue weighted by molar-refractivity contribution is -0.117. The van der Waals surface area contributed by atoms with E-state index in [9.17, 15) is 14.0 Å². The zero-order chi connectivity index (χ0) is 16.4. The lowest BCUT2D eigenvalue weighted by atomic mass is 10.2. The second-order valence-corrected chi connectivity index (χ2v) is 6.28. The van der Waals surface area contributed by atoms with E-state index >= 15 is 0 Å². The lowest BCUT2D eigenvalue weighted by Crippen LogP contribution is -2.37. The summed E-state index contributed by atoms with van der Waals surface area (Å²) >= 11 is 3.32. The highest BCUT2D eigenvalue weighted by atomic mass is 79.9. The van der Waals surface area contributed by atoms with Crippen molar-refractivity contribution in [1.29, 1.82) is 0 Å². The average molecular weight is 377 g/mol. The molecule has 6 heteroatoms. The minimum absolute atomic E-state index is 0.128. The van der Waals surface area contributed by atoms with Crippen molar-refractivity contribution in [2.75, 3.05) is 11.4 Å². The molecule has 0 aliphatic carbocycles. The van der Waals surface area contributed by atoms with Gasteiger partial charge in [0.1, 0.15) is 5.82 Å². The Morgan fingerprint density at radius 1 is 1.22 bits per heavy atom. The summed E-state index contributed by atoms with van der Waals surface area (Å²) in [5, 5.41) is 2.85. The van der Waals surface area contributed by atoms with Gasteiger partial charge in [0.2, 0.25) is 5.91 Å². The van der Waals surface area contributed by atoms with Crippen molar-refractivity contribution >= 4 is 33.4 Å². The molecule has 0 radical (unpaired) electrons. The molecule has 0 bridgehead atoms. The van der Waals surface area contributed by atoms with E-state index in [4.69, 9.17) is 0 Å². The number of halogens is 2. The predicted octanol–water partition coefficient (Wildman–Crippen LogP) is 3.12. The van der Waals surface area contributed by atoms with Gasteiger partial charge in [-0.05, 0) is 42.5 Å². The number of rotatable bonds is 3. The molecule has 2 aromatic rings. The van der Waals surface area contributed by atoms with Crippen LogP contribution in [0.3, 0.4) is 0 Å². The van der Waals surface area contributed by atoms with Crippen LogP contribution in [0.2, 0.25) is 0 Å². The highest BCUT2D eigenvalue weighted by molar-refractivity contribution is 9.10. The molecule has 1 N–H and O–H groups in total. The third-order valence-corrected chi connectivity index (χ3v) is 4.22. The van der Waals surface area contributed by atoms with Gasteiger partial charge < -0.3 is 10.2 Å². The number of carbonyl (C=O) groups is 2. The Bertz CT molecular complexity index is 749. The van der Waals surface area contributed by atoms with E-state index in [2.05, 4.69) is 21.2 Å². The molecule has 3 rings (SSSR count). The Morgan fingerprint density at radius 2 is 1.96 bits per heavy atom. The van der Waals surface area contributed by atoms with Gasteiger partial charge in [0.25, 0.3) is 5.91 Å². The Hall–Kier alpha value is -2.21. The second kappa shape index (κ2) is 6.50. The average Bonchev–Trinajstić information content (AvgIpc) is 2.88. The summed E-state index contributed by atoms with van der Waals surface area (Å²) in [7, 11) is 0. The van der Waals surface area contributed by atoms with Crippen LogP contribution in [0.5, 0.6) is 0 Å². The zero-order valence-corrected chi connectivity index (χ0v) is 13.7. The number of anilines is 1. The number of amides is 2. The number of hydrogen-bond donors (Lipinski definition) is 1. The van der Waals surface area contributed by atoms with E-state index in [1.807, 2.05) is 0 Å². The molecule has 1 aliphatic heterocycles. The predicted molar refractivity (Wildman–Crippen MR) is 88.8 cm³/mol. The fourth-order valence-corrected chi connectivity index (χ4v) is 2.83. The van der Waals surface area contributed by atoms with Gasteiger partial charge in [-0.3, -0.25) is 9.59 Å². The first-order valence-electron chi connectivity index (χ1n) is 7.15. The molecule has 23 heavy (non-hydrogen) atoms. The topological polar surface area (TPSA) is 49.4 Å². The minimum atomic E-state index is -0.391. The van der Waals surface area contributed by atoms with Crippen molar-refractivity contribution in [1.82, 2.24) is 5.32 Å². The van der Waals surface area contributed by atoms with Gasteiger partial charge in [-0.15, -0.1) is 0 Å². The molecule has 1 fully saturated rings. The maximum atomic E-state index is 13.3. The van der Waals surface area contributed by atoms with E-state index < -0.39 is 5.82 Å². The normalized spacial score (nSPS) is 17.4. The summed E-state index contributed by atoms with van der Waals surface area (Å²) in [6.45, 7) is 0.338. The second-order valence-electron chi connectivity index (χ2n) is 5.37. The first-order valence-corrected chi connectivity index (χ1v) is 7.94. The van der Waals surface area contributed by atoms with Crippen LogP contribution in [0.1, 0.15) is 16.8 Å². The Labute approximate surface area is 141 Å². The van der Waals surface area contributed by atoms with Crippen molar-refractivity contribution < 1.29 is 14.0 Å². The number of benzene rings is 2. The van der Waals surface area contributed by atoms with E-state index in [-0.39, 0.29) is 24.3 Å². The van der Waals surface area contributed by atoms with Crippen molar-refractivity contribution in [2.24, 2.45) is 0 Å². The Kier molecular flexibility index (Phi) is 4.43. The molecule has 118 valence electrons. The molecule has 0 unspecified atom stereocenters. The Morgan fingerprint density at radius 3 is 2.65 bits per heavy atom. The lowest BCUT2D eigenvalue weighted by Gasteiger charge is -2.17. The van der Waals surface area contributed by atoms with Crippen LogP contribution in [0.4, 0.5) is 10.1 Å². The first kappa shape index (κ1) is 15.7. The van der Waals surface area contributed by atoms with Crippen LogP contribution < -0.4 is 10.2 Å². The fraction of sp³-hybridized carbons (Fsp3) is 0.176. The molecule has 2 amide bonds. The maximum Gasteiger partial charge on any atom is 0.251 e. The third-order valence-electron chi connectivity index (χ3n) is 3.69. The highest BCUT2D eigenvalue weighted by Gasteiger charge is 2.31. The fourth-order valence-electron chi connectivity index (χ4n) is 2.57. The van der Waals surface area contributed by atoms with Crippen LogP contribution in [-0.4, -0.2) is 24.4 Å². The minimum Gasteiger partial charge on any atom is -0.347 e. The molecule has 2 aromatic carbocycles. The molecular formula is C17H14BrFN2O2. The molecule has 1 saturated heterocycles. The number of nitrogens with one attached hydrogen (secondary N) is 1. The van der Waals surface area contributed by atoms with Crippen LogP contribution in [-0.2, 0) is 4.79 Å². The zero-order valence-electron chi connectivity index (χ0n) is 12.1. The van der Waals surface area contributed by atoms with Gasteiger partial charge in [-0.2, -0.15) is 0 Å². The molecule has 0 aromatic heterocycles. The molecule has 4 nitrogen and oxygen atoms in total. The smallest absolute Gasteiger partial charge is 0.251 e. The molecule has 1 aliphatic rings. The molecule has 1 heterocycles. The van der Waals surface area contributed by atoms with Gasteiger partial charge in [0.15, 0.2) is 0 Å². The maximum absolute atomic E-state index is 13.3. The van der Waals surface area contributed by atoms with Crippen LogP contribution in [0.25, 0.3) is 0 Å². The van der Waals surface area contributed by atoms with E-state index in [0.29, 0.717) is 17.8 Å². The number of carbonyl (C=O) groups excluding carboxylic acids is 2. The third kappa shape index (κ3) is 3.59. The van der Waals surface area contributed by atoms with Crippen molar-refractivity contribution in [3.8, 4) is 0 Å². The van der Waals surface area contributed by atoms with Crippen molar-refractivity contribution in [2.45, 2.75) is 12.5 Å². The van der Waals surface area contributed by atoms with Gasteiger partial charge >= 0.3 is 0 Å². The summed E-state index contributed by atoms with van der Waals surface area (Å²) in [5.74, 6) is -0.745. The van der Waals surface area contributed by atoms with E-state index in [0.717, 1.165) is 4.47 Å². The summed E-state index contributed by atoms with van der Waals surface area (Å²) < 4.78 is 14.2. The first-order chi connectivity index (χ1) is 11.0. The SMILES string of the molecule is O=C(N[C@H]1CC(=O)N(c2cccc(F)c2)C1)c1ccc(Br)cc1. The highest BCUT2D eigenvalue weighted by Crippen LogP contribution is 2.22. The molecular weight excluding hydrogens is 363 g/mol. The van der Waals surface area contributed by atoms with Gasteiger partial charge in [0.05, 0.1) is 6.04 Å². The monoisotopic (exact) mass is 376 g/mol. The van der Waals surface area contributed by atoms with Crippen molar-refractivity contribution in [3.63, 3.8) is 0 Å². The van der Waals surface area contributed by atoms with E-state index in [1.54, 1.807) is 36.4 Å². The molecule has 0 spiro atoms. The number of nitrogens with zero attached hydrogens (tertiary/aromatic N) is 1. The molecule has 0 saturated carbocycles. The molecule has 1 atom stereocenters. The quantitative estimate of drug-likeness (QED) is 0.894. The van der Waals surface area contributed by atoms with E-state index in [1.165, 1.54) is 17.0 Å². The number of hydrogen-bond acceptors (Lipinski definition) is 2. The van der Waals surface area contributed by atoms with Crippen LogP contribution in [0, 0.1) is 5.82 Å². The van der Waals surface area contributed by atoms with Gasteiger partial charge in [-0.1, -0.05) is 22.0 Å². The largest absolute Gasteiger partial charge is 0.347 e. The Balaban J connectivity index is 1.68. The summed E-state index contributed by atoms with van der Waals surface area (Å²) in [5.41, 5.74) is 1.04. The summed E-state index contributed by atoms with van der Waals surface area (Å²) in [6, 6.07) is 12.6. The van der Waals surface area contributed by atoms with Gasteiger partial charge in [-0.25, -0.2) is 4.39 Å². The van der Waals surface area contributed by atoms with Crippen molar-refractivity contribution in [3.05, 3.63) is 64.4 Å². The van der Waals surface area contributed by atoms with Crippen LogP contribution in [0.15, 0.2) is 53.0 Å².